The molecule has 0 spiro atoms. The number of hydrogen-bond acceptors (Lipinski definition) is 6. The molecule has 0 aliphatic carbocycles. The van der Waals surface area contributed by atoms with Crippen molar-refractivity contribution in [1.29, 1.82) is 0 Å². The van der Waals surface area contributed by atoms with Crippen LogP contribution in [0.15, 0.2) is 30.3 Å². The standard InChI is InChI=1S/C16H15NO5S/c1-3-12-6-7-15(23-12)14(18)9-22-16(19)11-5-4-10(2)13(8-11)17(20)21/h4-8H,3,9H2,1-2H3. The molecule has 2 aromatic rings. The van der Waals surface area contributed by atoms with E-state index in [0.717, 1.165) is 17.4 Å². The topological polar surface area (TPSA) is 86.5 Å². The van der Waals surface area contributed by atoms with E-state index in [0.29, 0.717) is 10.4 Å². The van der Waals surface area contributed by atoms with E-state index in [1.165, 1.54) is 23.5 Å². The SMILES string of the molecule is CCc1ccc(C(=O)COC(=O)c2ccc(C)c([N+](=O)[O-])c2)s1. The predicted octanol–water partition coefficient (Wildman–Crippen LogP) is 3.57. The van der Waals surface area contributed by atoms with Crippen LogP contribution in [0.2, 0.25) is 0 Å². The summed E-state index contributed by atoms with van der Waals surface area (Å²) in [6.07, 6.45) is 0.838. The highest BCUT2D eigenvalue weighted by Crippen LogP contribution is 2.20. The van der Waals surface area contributed by atoms with E-state index in [9.17, 15) is 19.7 Å². The van der Waals surface area contributed by atoms with Crippen LogP contribution in [0.25, 0.3) is 0 Å². The highest BCUT2D eigenvalue weighted by molar-refractivity contribution is 7.14. The number of carbonyl (C=O) groups excluding carboxylic acids is 2. The third-order valence-corrected chi connectivity index (χ3v) is 4.53. The van der Waals surface area contributed by atoms with E-state index in [4.69, 9.17) is 4.74 Å². The fourth-order valence-electron chi connectivity index (χ4n) is 1.94. The summed E-state index contributed by atoms with van der Waals surface area (Å²) in [6.45, 7) is 3.19. The van der Waals surface area contributed by atoms with Gasteiger partial charge < -0.3 is 4.74 Å². The van der Waals surface area contributed by atoms with E-state index in [-0.39, 0.29) is 23.6 Å². The fourth-order valence-corrected chi connectivity index (χ4v) is 2.81. The monoisotopic (exact) mass is 333 g/mol. The zero-order valence-corrected chi connectivity index (χ0v) is 13.5. The van der Waals surface area contributed by atoms with Crippen molar-refractivity contribution in [3.05, 3.63) is 61.3 Å². The van der Waals surface area contributed by atoms with E-state index in [1.54, 1.807) is 13.0 Å². The van der Waals surface area contributed by atoms with Crippen molar-refractivity contribution in [2.75, 3.05) is 6.61 Å². The van der Waals surface area contributed by atoms with Crippen molar-refractivity contribution in [3.8, 4) is 0 Å². The molecular weight excluding hydrogens is 318 g/mol. The maximum atomic E-state index is 12.0. The normalized spacial score (nSPS) is 10.3. The fraction of sp³-hybridized carbons (Fsp3) is 0.250. The number of carbonyl (C=O) groups is 2. The summed E-state index contributed by atoms with van der Waals surface area (Å²) in [5.41, 5.74) is 0.348. The quantitative estimate of drug-likeness (QED) is 0.349. The molecule has 7 heteroatoms. The Morgan fingerprint density at radius 1 is 1.26 bits per heavy atom. The number of benzene rings is 1. The number of rotatable bonds is 6. The molecule has 0 aliphatic rings. The van der Waals surface area contributed by atoms with Crippen LogP contribution in [-0.4, -0.2) is 23.3 Å². The number of nitrogens with zero attached hydrogens (tertiary/aromatic N) is 1. The first-order valence-electron chi connectivity index (χ1n) is 6.96. The molecule has 1 aromatic heterocycles. The second-order valence-electron chi connectivity index (χ2n) is 4.88. The third kappa shape index (κ3) is 4.01. The molecule has 23 heavy (non-hydrogen) atoms. The van der Waals surface area contributed by atoms with Crippen LogP contribution >= 0.6 is 11.3 Å². The molecule has 120 valence electrons. The van der Waals surface area contributed by atoms with Gasteiger partial charge in [0.1, 0.15) is 0 Å². The van der Waals surface area contributed by atoms with Crippen molar-refractivity contribution >= 4 is 28.8 Å². The van der Waals surface area contributed by atoms with Gasteiger partial charge >= 0.3 is 5.97 Å². The van der Waals surface area contributed by atoms with Crippen LogP contribution in [-0.2, 0) is 11.2 Å². The molecule has 0 atom stereocenters. The van der Waals surface area contributed by atoms with Gasteiger partial charge in [0.25, 0.3) is 5.69 Å². The summed E-state index contributed by atoms with van der Waals surface area (Å²) >= 11 is 1.37. The molecule has 0 N–H and O–H groups in total. The highest BCUT2D eigenvalue weighted by Gasteiger charge is 2.17. The van der Waals surface area contributed by atoms with Gasteiger partial charge in [0.15, 0.2) is 6.61 Å². The summed E-state index contributed by atoms with van der Waals surface area (Å²) in [6, 6.07) is 7.64. The number of ketones is 1. The third-order valence-electron chi connectivity index (χ3n) is 3.26. The zero-order chi connectivity index (χ0) is 17.0. The Morgan fingerprint density at radius 3 is 2.61 bits per heavy atom. The van der Waals surface area contributed by atoms with Crippen molar-refractivity contribution in [2.24, 2.45) is 0 Å². The largest absolute Gasteiger partial charge is 0.454 e. The van der Waals surface area contributed by atoms with Gasteiger partial charge in [-0.25, -0.2) is 4.79 Å². The average Bonchev–Trinajstić information content (AvgIpc) is 3.01. The summed E-state index contributed by atoms with van der Waals surface area (Å²) in [5, 5.41) is 10.9. The van der Waals surface area contributed by atoms with Crippen molar-refractivity contribution in [3.63, 3.8) is 0 Å². The van der Waals surface area contributed by atoms with Gasteiger partial charge in [0.2, 0.25) is 5.78 Å². The smallest absolute Gasteiger partial charge is 0.338 e. The van der Waals surface area contributed by atoms with Gasteiger partial charge in [0.05, 0.1) is 15.4 Å². The number of ether oxygens (including phenoxy) is 1. The van der Waals surface area contributed by atoms with Crippen molar-refractivity contribution < 1.29 is 19.2 Å². The van der Waals surface area contributed by atoms with Crippen LogP contribution < -0.4 is 0 Å². The second-order valence-corrected chi connectivity index (χ2v) is 6.05. The van der Waals surface area contributed by atoms with Gasteiger partial charge in [-0.3, -0.25) is 14.9 Å². The Bertz CT molecular complexity index is 766. The first-order valence-corrected chi connectivity index (χ1v) is 7.78. The summed E-state index contributed by atoms with van der Waals surface area (Å²) in [4.78, 5) is 35.8. The van der Waals surface area contributed by atoms with Gasteiger partial charge in [-0.15, -0.1) is 11.3 Å². The number of nitro benzene ring substituents is 1. The number of esters is 1. The lowest BCUT2D eigenvalue weighted by Gasteiger charge is -2.04. The minimum absolute atomic E-state index is 0.0514. The molecule has 0 radical (unpaired) electrons. The van der Waals surface area contributed by atoms with Gasteiger partial charge in [-0.05, 0) is 31.5 Å². The minimum atomic E-state index is -0.756. The maximum absolute atomic E-state index is 12.0. The number of Topliss-reactive ketones (excluding diaryl/α,β-unsaturated/α-hetero) is 1. The van der Waals surface area contributed by atoms with Crippen molar-refractivity contribution in [2.45, 2.75) is 20.3 Å². The summed E-state index contributed by atoms with van der Waals surface area (Å²) in [7, 11) is 0. The van der Waals surface area contributed by atoms with E-state index < -0.39 is 10.9 Å². The van der Waals surface area contributed by atoms with E-state index in [1.807, 2.05) is 13.0 Å². The Kier molecular flexibility index (Phi) is 5.23. The molecule has 0 aliphatic heterocycles. The average molecular weight is 333 g/mol. The lowest BCUT2D eigenvalue weighted by molar-refractivity contribution is -0.385. The molecule has 0 saturated heterocycles. The van der Waals surface area contributed by atoms with Crippen molar-refractivity contribution in [1.82, 2.24) is 0 Å². The lowest BCUT2D eigenvalue weighted by atomic mass is 10.1. The highest BCUT2D eigenvalue weighted by atomic mass is 32.1. The molecule has 6 nitrogen and oxygen atoms in total. The summed E-state index contributed by atoms with van der Waals surface area (Å²) < 4.78 is 4.96. The molecule has 2 rings (SSSR count). The number of nitro groups is 1. The van der Waals surface area contributed by atoms with Crippen LogP contribution in [0.4, 0.5) is 5.69 Å². The first kappa shape index (κ1) is 16.8. The Balaban J connectivity index is 2.03. The van der Waals surface area contributed by atoms with E-state index >= 15 is 0 Å². The van der Waals surface area contributed by atoms with Crippen LogP contribution in [0.3, 0.4) is 0 Å². The molecule has 1 heterocycles. The van der Waals surface area contributed by atoms with E-state index in [2.05, 4.69) is 0 Å². The molecule has 1 aromatic carbocycles. The number of aryl methyl sites for hydroxylation is 2. The van der Waals surface area contributed by atoms with Gasteiger partial charge in [-0.1, -0.05) is 13.0 Å². The lowest BCUT2D eigenvalue weighted by Crippen LogP contribution is -2.13. The molecule has 0 unspecified atom stereocenters. The molecule has 0 bridgehead atoms. The summed E-state index contributed by atoms with van der Waals surface area (Å²) in [5.74, 6) is -1.04. The number of thiophene rings is 1. The molecule has 0 amide bonds. The predicted molar refractivity (Wildman–Crippen MR) is 86.1 cm³/mol. The van der Waals surface area contributed by atoms with Gasteiger partial charge in [-0.2, -0.15) is 0 Å². The zero-order valence-electron chi connectivity index (χ0n) is 12.7. The molecule has 0 saturated carbocycles. The Labute approximate surface area is 136 Å². The Hall–Kier alpha value is -2.54. The van der Waals surface area contributed by atoms with Crippen LogP contribution in [0.5, 0.6) is 0 Å². The number of hydrogen-bond donors (Lipinski definition) is 0. The second kappa shape index (κ2) is 7.15. The van der Waals surface area contributed by atoms with Crippen LogP contribution in [0.1, 0.15) is 37.4 Å². The first-order chi connectivity index (χ1) is 10.9. The van der Waals surface area contributed by atoms with Gasteiger partial charge in [0, 0.05) is 16.5 Å². The Morgan fingerprint density at radius 2 is 2.00 bits per heavy atom. The minimum Gasteiger partial charge on any atom is -0.454 e. The maximum Gasteiger partial charge on any atom is 0.338 e. The molecule has 0 fully saturated rings. The molecular formula is C16H15NO5S. The van der Waals surface area contributed by atoms with Crippen LogP contribution in [0, 0.1) is 17.0 Å².